The summed E-state index contributed by atoms with van der Waals surface area (Å²) in [6.45, 7) is 5.10. The van der Waals surface area contributed by atoms with Crippen LogP contribution >= 0.6 is 0 Å². The van der Waals surface area contributed by atoms with Gasteiger partial charge in [0.15, 0.2) is 0 Å². The van der Waals surface area contributed by atoms with Gasteiger partial charge in [0.1, 0.15) is 11.4 Å². The molecule has 0 aliphatic carbocycles. The van der Waals surface area contributed by atoms with Crippen LogP contribution in [0.25, 0.3) is 0 Å². The zero-order valence-electron chi connectivity index (χ0n) is 12.6. The van der Waals surface area contributed by atoms with Crippen molar-refractivity contribution in [3.8, 4) is 0 Å². The van der Waals surface area contributed by atoms with Crippen LogP contribution in [0, 0.1) is 12.7 Å². The van der Waals surface area contributed by atoms with Gasteiger partial charge in [-0.2, -0.15) is 0 Å². The molecule has 0 aromatic heterocycles. The largest absolute Gasteiger partial charge is 0.441 e. The Balaban J connectivity index is 1.59. The van der Waals surface area contributed by atoms with E-state index in [9.17, 15) is 9.18 Å². The molecule has 4 nitrogen and oxygen atoms in total. The fourth-order valence-corrected chi connectivity index (χ4v) is 3.23. The number of likely N-dealkylation sites (tertiary alicyclic amines) is 1. The van der Waals surface area contributed by atoms with Crippen molar-refractivity contribution in [1.82, 2.24) is 9.80 Å². The molecule has 0 bridgehead atoms. The smallest absolute Gasteiger partial charge is 0.410 e. The predicted molar refractivity (Wildman–Crippen MR) is 77.5 cm³/mol. The number of carbonyl (C=O) groups excluding carboxylic acids is 1. The summed E-state index contributed by atoms with van der Waals surface area (Å²) in [5, 5.41) is 0. The Morgan fingerprint density at radius 1 is 1.33 bits per heavy atom. The first-order valence-corrected chi connectivity index (χ1v) is 7.39. The normalized spacial score (nSPS) is 21.9. The summed E-state index contributed by atoms with van der Waals surface area (Å²) < 4.78 is 18.8. The maximum absolute atomic E-state index is 13.3. The van der Waals surface area contributed by atoms with Crippen LogP contribution in [0.4, 0.5) is 9.18 Å². The summed E-state index contributed by atoms with van der Waals surface area (Å²) in [4.78, 5) is 15.5. The standard InChI is InChI=1S/C16H21FN2O2/c1-12-9-13(3-4-14(12)17)10-19-7-5-16(6-8-19)11-18(2)15(20)21-16/h3-4,9H,5-8,10-11H2,1-2H3. The van der Waals surface area contributed by atoms with Crippen LogP contribution in [0.15, 0.2) is 18.2 Å². The average Bonchev–Trinajstić information content (AvgIpc) is 2.72. The SMILES string of the molecule is Cc1cc(CN2CCC3(CC2)CN(C)C(=O)O3)ccc1F. The van der Waals surface area contributed by atoms with Gasteiger partial charge in [0.05, 0.1) is 6.54 Å². The molecule has 0 saturated carbocycles. The van der Waals surface area contributed by atoms with Crippen molar-refractivity contribution < 1.29 is 13.9 Å². The van der Waals surface area contributed by atoms with E-state index in [4.69, 9.17) is 4.74 Å². The van der Waals surface area contributed by atoms with Crippen LogP contribution in [-0.2, 0) is 11.3 Å². The van der Waals surface area contributed by atoms with E-state index in [1.165, 1.54) is 6.07 Å². The summed E-state index contributed by atoms with van der Waals surface area (Å²) in [7, 11) is 1.78. The van der Waals surface area contributed by atoms with Gasteiger partial charge < -0.3 is 9.64 Å². The van der Waals surface area contributed by atoms with Crippen molar-refractivity contribution in [2.75, 3.05) is 26.7 Å². The number of ether oxygens (including phenoxy) is 1. The summed E-state index contributed by atoms with van der Waals surface area (Å²) in [6.07, 6.45) is 1.52. The number of nitrogens with zero attached hydrogens (tertiary/aromatic N) is 2. The first-order chi connectivity index (χ1) is 9.97. The van der Waals surface area contributed by atoms with Crippen LogP contribution in [0.3, 0.4) is 0 Å². The summed E-state index contributed by atoms with van der Waals surface area (Å²) in [5.74, 6) is -0.155. The van der Waals surface area contributed by atoms with Crippen LogP contribution in [0.5, 0.6) is 0 Å². The minimum Gasteiger partial charge on any atom is -0.441 e. The number of carbonyl (C=O) groups is 1. The molecule has 2 aliphatic heterocycles. The molecule has 2 saturated heterocycles. The molecule has 0 atom stereocenters. The van der Waals surface area contributed by atoms with Gasteiger partial charge in [-0.05, 0) is 24.1 Å². The third-order valence-electron chi connectivity index (χ3n) is 4.54. The van der Waals surface area contributed by atoms with E-state index in [0.717, 1.165) is 38.0 Å². The molecule has 1 aromatic carbocycles. The molecule has 2 aliphatic rings. The van der Waals surface area contributed by atoms with Gasteiger partial charge in [-0.25, -0.2) is 9.18 Å². The number of hydrogen-bond donors (Lipinski definition) is 0. The van der Waals surface area contributed by atoms with E-state index in [1.807, 2.05) is 12.1 Å². The molecule has 0 N–H and O–H groups in total. The Morgan fingerprint density at radius 3 is 2.62 bits per heavy atom. The van der Waals surface area contributed by atoms with Crippen molar-refractivity contribution in [3.63, 3.8) is 0 Å². The molecule has 0 unspecified atom stereocenters. The highest BCUT2D eigenvalue weighted by molar-refractivity contribution is 5.70. The third-order valence-corrected chi connectivity index (χ3v) is 4.54. The molecule has 2 fully saturated rings. The van der Waals surface area contributed by atoms with Gasteiger partial charge >= 0.3 is 6.09 Å². The van der Waals surface area contributed by atoms with Gasteiger partial charge in [0, 0.05) is 39.5 Å². The maximum Gasteiger partial charge on any atom is 0.410 e. The summed E-state index contributed by atoms with van der Waals surface area (Å²) in [5.41, 5.74) is 1.53. The third kappa shape index (κ3) is 2.88. The molecule has 0 radical (unpaired) electrons. The van der Waals surface area contributed by atoms with Crippen molar-refractivity contribution in [1.29, 1.82) is 0 Å². The number of likely N-dealkylation sites (N-methyl/N-ethyl adjacent to an activating group) is 1. The van der Waals surface area contributed by atoms with Crippen molar-refractivity contribution in [3.05, 3.63) is 35.1 Å². The topological polar surface area (TPSA) is 32.8 Å². The average molecular weight is 292 g/mol. The highest BCUT2D eigenvalue weighted by Gasteiger charge is 2.45. The number of hydrogen-bond acceptors (Lipinski definition) is 3. The monoisotopic (exact) mass is 292 g/mol. The number of piperidine rings is 1. The van der Waals surface area contributed by atoms with E-state index in [1.54, 1.807) is 18.9 Å². The van der Waals surface area contributed by atoms with E-state index >= 15 is 0 Å². The quantitative estimate of drug-likeness (QED) is 0.840. The van der Waals surface area contributed by atoms with Gasteiger partial charge in [0.2, 0.25) is 0 Å². The Morgan fingerprint density at radius 2 is 2.05 bits per heavy atom. The first-order valence-electron chi connectivity index (χ1n) is 7.39. The molecular weight excluding hydrogens is 271 g/mol. The van der Waals surface area contributed by atoms with Gasteiger partial charge in [-0.3, -0.25) is 4.90 Å². The maximum atomic E-state index is 13.3. The molecule has 1 aromatic rings. The molecule has 1 amide bonds. The highest BCUT2D eigenvalue weighted by Crippen LogP contribution is 2.32. The van der Waals surface area contributed by atoms with E-state index < -0.39 is 0 Å². The minimum atomic E-state index is -0.291. The Labute approximate surface area is 124 Å². The first kappa shape index (κ1) is 14.3. The molecular formula is C16H21FN2O2. The Kier molecular flexibility index (Phi) is 3.61. The van der Waals surface area contributed by atoms with Crippen molar-refractivity contribution in [2.24, 2.45) is 0 Å². The van der Waals surface area contributed by atoms with Gasteiger partial charge in [0.25, 0.3) is 0 Å². The number of benzene rings is 1. The molecule has 5 heteroatoms. The fourth-order valence-electron chi connectivity index (χ4n) is 3.23. The summed E-state index contributed by atoms with van der Waals surface area (Å²) >= 11 is 0. The van der Waals surface area contributed by atoms with Crippen LogP contribution in [-0.4, -0.2) is 48.2 Å². The van der Waals surface area contributed by atoms with E-state index in [0.29, 0.717) is 12.1 Å². The second-order valence-electron chi connectivity index (χ2n) is 6.27. The van der Waals surface area contributed by atoms with E-state index in [-0.39, 0.29) is 17.5 Å². The lowest BCUT2D eigenvalue weighted by Crippen LogP contribution is -2.46. The van der Waals surface area contributed by atoms with Gasteiger partial charge in [-0.15, -0.1) is 0 Å². The lowest BCUT2D eigenvalue weighted by atomic mass is 9.91. The van der Waals surface area contributed by atoms with Crippen LogP contribution < -0.4 is 0 Å². The molecule has 3 rings (SSSR count). The summed E-state index contributed by atoms with van der Waals surface area (Å²) in [6, 6.07) is 5.28. The number of aryl methyl sites for hydroxylation is 1. The minimum absolute atomic E-state index is 0.155. The van der Waals surface area contributed by atoms with Crippen molar-refractivity contribution >= 4 is 6.09 Å². The Bertz CT molecular complexity index is 553. The van der Waals surface area contributed by atoms with Crippen LogP contribution in [0.1, 0.15) is 24.0 Å². The number of rotatable bonds is 2. The lowest BCUT2D eigenvalue weighted by Gasteiger charge is -2.37. The zero-order valence-corrected chi connectivity index (χ0v) is 12.6. The predicted octanol–water partition coefficient (Wildman–Crippen LogP) is 2.55. The lowest BCUT2D eigenvalue weighted by molar-refractivity contribution is -0.00120. The molecule has 2 heterocycles. The molecule has 21 heavy (non-hydrogen) atoms. The van der Waals surface area contributed by atoms with E-state index in [2.05, 4.69) is 4.90 Å². The van der Waals surface area contributed by atoms with Crippen LogP contribution in [0.2, 0.25) is 0 Å². The highest BCUT2D eigenvalue weighted by atomic mass is 19.1. The van der Waals surface area contributed by atoms with Crippen molar-refractivity contribution in [2.45, 2.75) is 31.9 Å². The fraction of sp³-hybridized carbons (Fsp3) is 0.562. The second-order valence-corrected chi connectivity index (χ2v) is 6.27. The number of halogens is 1. The Hall–Kier alpha value is -1.62. The zero-order chi connectivity index (χ0) is 15.0. The number of amides is 1. The molecule has 114 valence electrons. The molecule has 1 spiro atoms. The second kappa shape index (κ2) is 5.30. The van der Waals surface area contributed by atoms with Gasteiger partial charge in [-0.1, -0.05) is 12.1 Å².